The average molecular weight is 270 g/mol. The van der Waals surface area contributed by atoms with E-state index >= 15 is 0 Å². The van der Waals surface area contributed by atoms with E-state index in [1.54, 1.807) is 0 Å². The Morgan fingerprint density at radius 2 is 2.00 bits per heavy atom. The average Bonchev–Trinajstić information content (AvgIpc) is 2.76. The highest BCUT2D eigenvalue weighted by Crippen LogP contribution is 2.24. The molecule has 19 heavy (non-hydrogen) atoms. The Labute approximate surface area is 119 Å². The van der Waals surface area contributed by atoms with E-state index in [-0.39, 0.29) is 12.1 Å². The lowest BCUT2D eigenvalue weighted by molar-refractivity contribution is 0.142. The predicted octanol–water partition coefficient (Wildman–Crippen LogP) is 2.64. The van der Waals surface area contributed by atoms with E-state index in [9.17, 15) is 5.11 Å². The minimum atomic E-state index is -0.124. The van der Waals surface area contributed by atoms with Crippen molar-refractivity contribution in [2.24, 2.45) is 5.92 Å². The van der Waals surface area contributed by atoms with Gasteiger partial charge in [0.2, 0.25) is 0 Å². The second-order valence-electron chi connectivity index (χ2n) is 7.11. The summed E-state index contributed by atoms with van der Waals surface area (Å²) in [5.74, 6) is 0.764. The van der Waals surface area contributed by atoms with Gasteiger partial charge in [0.1, 0.15) is 0 Å². The zero-order valence-corrected chi connectivity index (χ0v) is 13.6. The molecule has 0 radical (unpaired) electrons. The normalized spacial score (nSPS) is 24.3. The summed E-state index contributed by atoms with van der Waals surface area (Å²) in [5, 5.41) is 13.1. The van der Waals surface area contributed by atoms with Gasteiger partial charge in [-0.1, -0.05) is 27.7 Å². The van der Waals surface area contributed by atoms with Gasteiger partial charge in [0.25, 0.3) is 0 Å². The molecule has 0 amide bonds. The maximum Gasteiger partial charge on any atom is 0.0610 e. The van der Waals surface area contributed by atoms with Gasteiger partial charge in [-0.25, -0.2) is 0 Å². The van der Waals surface area contributed by atoms with Crippen LogP contribution in [-0.2, 0) is 0 Å². The maximum atomic E-state index is 9.59. The first-order valence-corrected chi connectivity index (χ1v) is 8.00. The molecule has 2 N–H and O–H groups in total. The highest BCUT2D eigenvalue weighted by Gasteiger charge is 2.28. The van der Waals surface area contributed by atoms with E-state index in [0.29, 0.717) is 6.04 Å². The van der Waals surface area contributed by atoms with Crippen LogP contribution < -0.4 is 5.32 Å². The Kier molecular flexibility index (Phi) is 6.78. The third-order valence-corrected chi connectivity index (χ3v) is 4.34. The molecule has 0 saturated carbocycles. The van der Waals surface area contributed by atoms with Crippen molar-refractivity contribution < 1.29 is 5.11 Å². The first kappa shape index (κ1) is 16.9. The smallest absolute Gasteiger partial charge is 0.0610 e. The van der Waals surface area contributed by atoms with Crippen molar-refractivity contribution in [3.05, 3.63) is 0 Å². The molecule has 1 aliphatic rings. The lowest BCUT2D eigenvalue weighted by Gasteiger charge is -2.33. The van der Waals surface area contributed by atoms with Crippen LogP contribution in [-0.4, -0.2) is 47.3 Å². The molecule has 3 nitrogen and oxygen atoms in total. The lowest BCUT2D eigenvalue weighted by Crippen LogP contribution is -2.49. The topological polar surface area (TPSA) is 35.5 Å². The summed E-state index contributed by atoms with van der Waals surface area (Å²) < 4.78 is 0. The number of nitrogens with one attached hydrogen (secondary N) is 1. The van der Waals surface area contributed by atoms with Crippen LogP contribution in [0.4, 0.5) is 0 Å². The van der Waals surface area contributed by atoms with Crippen LogP contribution in [0.15, 0.2) is 0 Å². The molecule has 2 unspecified atom stereocenters. The molecule has 0 bridgehead atoms. The van der Waals surface area contributed by atoms with Crippen molar-refractivity contribution >= 4 is 0 Å². The summed E-state index contributed by atoms with van der Waals surface area (Å²) in [5.41, 5.74) is -0.124. The molecular formula is C16H34N2O. The van der Waals surface area contributed by atoms with Gasteiger partial charge >= 0.3 is 0 Å². The van der Waals surface area contributed by atoms with Gasteiger partial charge < -0.3 is 15.3 Å². The summed E-state index contributed by atoms with van der Waals surface area (Å²) in [6.07, 6.45) is 4.92. The van der Waals surface area contributed by atoms with Crippen LogP contribution >= 0.6 is 0 Å². The third kappa shape index (κ3) is 5.41. The van der Waals surface area contributed by atoms with Crippen molar-refractivity contribution in [3.63, 3.8) is 0 Å². The van der Waals surface area contributed by atoms with Crippen LogP contribution in [0.2, 0.25) is 0 Å². The Balaban J connectivity index is 2.36. The predicted molar refractivity (Wildman–Crippen MR) is 82.4 cm³/mol. The molecule has 1 saturated heterocycles. The van der Waals surface area contributed by atoms with Crippen LogP contribution in [0.5, 0.6) is 0 Å². The Morgan fingerprint density at radius 1 is 1.32 bits per heavy atom. The fourth-order valence-corrected chi connectivity index (χ4v) is 3.45. The van der Waals surface area contributed by atoms with Gasteiger partial charge in [0, 0.05) is 17.6 Å². The first-order chi connectivity index (χ1) is 8.88. The Hall–Kier alpha value is -0.120. The van der Waals surface area contributed by atoms with E-state index in [0.717, 1.165) is 18.4 Å². The van der Waals surface area contributed by atoms with Crippen molar-refractivity contribution in [2.75, 3.05) is 19.7 Å². The van der Waals surface area contributed by atoms with Crippen molar-refractivity contribution in [3.8, 4) is 0 Å². The molecule has 1 aliphatic heterocycles. The zero-order chi connectivity index (χ0) is 14.5. The number of aliphatic hydroxyl groups excluding tert-OH is 1. The molecule has 1 heterocycles. The highest BCUT2D eigenvalue weighted by molar-refractivity contribution is 4.86. The van der Waals surface area contributed by atoms with Gasteiger partial charge in [-0.05, 0) is 51.6 Å². The van der Waals surface area contributed by atoms with Gasteiger partial charge in [0.15, 0.2) is 0 Å². The second kappa shape index (κ2) is 7.61. The summed E-state index contributed by atoms with van der Waals surface area (Å²) in [7, 11) is 0. The second-order valence-corrected chi connectivity index (χ2v) is 7.11. The van der Waals surface area contributed by atoms with Crippen molar-refractivity contribution in [2.45, 2.75) is 77.9 Å². The van der Waals surface area contributed by atoms with Crippen LogP contribution in [0, 0.1) is 5.92 Å². The monoisotopic (exact) mass is 270 g/mol. The summed E-state index contributed by atoms with van der Waals surface area (Å²) in [6, 6.07) is 1.20. The molecule has 0 aliphatic carbocycles. The molecule has 3 heteroatoms. The summed E-state index contributed by atoms with van der Waals surface area (Å²) >= 11 is 0. The maximum absolute atomic E-state index is 9.59. The van der Waals surface area contributed by atoms with E-state index in [4.69, 9.17) is 0 Å². The third-order valence-electron chi connectivity index (χ3n) is 4.34. The molecular weight excluding hydrogens is 236 g/mol. The van der Waals surface area contributed by atoms with Gasteiger partial charge in [-0.15, -0.1) is 0 Å². The van der Waals surface area contributed by atoms with Gasteiger partial charge in [-0.3, -0.25) is 0 Å². The lowest BCUT2D eigenvalue weighted by atomic mass is 9.95. The number of hydrogen-bond donors (Lipinski definition) is 2. The molecule has 0 aromatic carbocycles. The van der Waals surface area contributed by atoms with Gasteiger partial charge in [0.05, 0.1) is 6.61 Å². The molecule has 0 aromatic heterocycles. The minimum absolute atomic E-state index is 0.124. The Bertz CT molecular complexity index is 255. The van der Waals surface area contributed by atoms with E-state index in [1.807, 2.05) is 0 Å². The standard InChI is InChI=1S/C16H34N2O/c1-13(2)15-8-6-10-18(15)11-7-9-16(5,12-19)17-14(3)4/h13-15,17,19H,6-12H2,1-5H3. The Morgan fingerprint density at radius 3 is 2.53 bits per heavy atom. The quantitative estimate of drug-likeness (QED) is 0.712. The largest absolute Gasteiger partial charge is 0.394 e. The molecule has 0 spiro atoms. The van der Waals surface area contributed by atoms with Crippen LogP contribution in [0.3, 0.4) is 0 Å². The van der Waals surface area contributed by atoms with E-state index in [2.05, 4.69) is 44.8 Å². The fourth-order valence-electron chi connectivity index (χ4n) is 3.45. The fraction of sp³-hybridized carbons (Fsp3) is 1.00. The number of nitrogens with zero attached hydrogens (tertiary/aromatic N) is 1. The number of likely N-dealkylation sites (tertiary alicyclic amines) is 1. The van der Waals surface area contributed by atoms with E-state index < -0.39 is 0 Å². The minimum Gasteiger partial charge on any atom is -0.394 e. The number of aliphatic hydroxyl groups is 1. The number of hydrogen-bond acceptors (Lipinski definition) is 3. The SMILES string of the molecule is CC(C)NC(C)(CO)CCCN1CCCC1C(C)C. The van der Waals surface area contributed by atoms with Crippen LogP contribution in [0.1, 0.15) is 60.3 Å². The van der Waals surface area contributed by atoms with Gasteiger partial charge in [-0.2, -0.15) is 0 Å². The van der Waals surface area contributed by atoms with Crippen molar-refractivity contribution in [1.82, 2.24) is 10.2 Å². The number of rotatable bonds is 8. The zero-order valence-electron chi connectivity index (χ0n) is 13.6. The van der Waals surface area contributed by atoms with Crippen molar-refractivity contribution in [1.29, 1.82) is 0 Å². The summed E-state index contributed by atoms with van der Waals surface area (Å²) in [4.78, 5) is 2.65. The molecule has 2 atom stereocenters. The molecule has 1 rings (SSSR count). The summed E-state index contributed by atoms with van der Waals surface area (Å²) in [6.45, 7) is 13.7. The van der Waals surface area contributed by atoms with E-state index in [1.165, 1.54) is 32.4 Å². The molecule has 0 aromatic rings. The van der Waals surface area contributed by atoms with Crippen LogP contribution in [0.25, 0.3) is 0 Å². The molecule has 1 fully saturated rings. The first-order valence-electron chi connectivity index (χ1n) is 8.00. The molecule has 114 valence electrons. The highest BCUT2D eigenvalue weighted by atomic mass is 16.3.